The van der Waals surface area contributed by atoms with Crippen LogP contribution >= 0.6 is 11.6 Å². The van der Waals surface area contributed by atoms with Gasteiger partial charge in [-0.1, -0.05) is 41.9 Å². The lowest BCUT2D eigenvalue weighted by atomic mass is 9.97. The van der Waals surface area contributed by atoms with Gasteiger partial charge in [-0.25, -0.2) is 0 Å². The Morgan fingerprint density at radius 1 is 1.18 bits per heavy atom. The minimum atomic E-state index is -0.0972. The van der Waals surface area contributed by atoms with Crippen molar-refractivity contribution in [1.82, 2.24) is 9.80 Å². The maximum absolute atomic E-state index is 12.6. The van der Waals surface area contributed by atoms with Gasteiger partial charge in [-0.05, 0) is 49.2 Å². The molecule has 1 fully saturated rings. The van der Waals surface area contributed by atoms with E-state index in [4.69, 9.17) is 11.6 Å². The predicted molar refractivity (Wildman–Crippen MR) is 112 cm³/mol. The van der Waals surface area contributed by atoms with Crippen LogP contribution < -0.4 is 5.32 Å². The highest BCUT2D eigenvalue weighted by Gasteiger charge is 2.27. The summed E-state index contributed by atoms with van der Waals surface area (Å²) in [5.41, 5.74) is 1.81. The summed E-state index contributed by atoms with van der Waals surface area (Å²) in [5.74, 6) is -0.0280. The summed E-state index contributed by atoms with van der Waals surface area (Å²) in [6.45, 7) is 2.29. The first-order chi connectivity index (χ1) is 13.5. The van der Waals surface area contributed by atoms with Gasteiger partial charge in [-0.15, -0.1) is 0 Å². The number of carbonyl (C=O) groups excluding carboxylic acids is 2. The number of hydrogen-bond acceptors (Lipinski definition) is 3. The summed E-state index contributed by atoms with van der Waals surface area (Å²) in [4.78, 5) is 29.0. The maximum Gasteiger partial charge on any atom is 0.236 e. The quantitative estimate of drug-likeness (QED) is 0.806. The zero-order chi connectivity index (χ0) is 19.9. The summed E-state index contributed by atoms with van der Waals surface area (Å²) in [6.07, 6.45) is 1.76. The van der Waals surface area contributed by atoms with Gasteiger partial charge in [0.1, 0.15) is 0 Å². The van der Waals surface area contributed by atoms with Gasteiger partial charge < -0.3 is 10.2 Å². The van der Waals surface area contributed by atoms with Crippen LogP contribution in [0.4, 0.5) is 5.69 Å². The van der Waals surface area contributed by atoms with E-state index in [1.165, 1.54) is 0 Å². The van der Waals surface area contributed by atoms with E-state index in [-0.39, 0.29) is 17.7 Å². The minimum absolute atomic E-state index is 0.0237. The lowest BCUT2D eigenvalue weighted by molar-refractivity contribution is -0.133. The van der Waals surface area contributed by atoms with Crippen LogP contribution in [0.3, 0.4) is 0 Å². The van der Waals surface area contributed by atoms with E-state index in [9.17, 15) is 9.59 Å². The third-order valence-electron chi connectivity index (χ3n) is 5.01. The van der Waals surface area contributed by atoms with Crippen molar-refractivity contribution in [3.05, 3.63) is 65.2 Å². The number of nitrogens with zero attached hydrogens (tertiary/aromatic N) is 2. The first kappa shape index (κ1) is 20.4. The van der Waals surface area contributed by atoms with Crippen LogP contribution in [-0.2, 0) is 16.1 Å². The van der Waals surface area contributed by atoms with Crippen LogP contribution in [-0.4, -0.2) is 48.3 Å². The van der Waals surface area contributed by atoms with Crippen molar-refractivity contribution in [3.63, 3.8) is 0 Å². The minimum Gasteiger partial charge on any atom is -0.340 e. The van der Waals surface area contributed by atoms with Gasteiger partial charge in [0.05, 0.1) is 12.5 Å². The summed E-state index contributed by atoms with van der Waals surface area (Å²) in [7, 11) is 1.80. The molecule has 0 bridgehead atoms. The van der Waals surface area contributed by atoms with Gasteiger partial charge in [0.15, 0.2) is 0 Å². The highest BCUT2D eigenvalue weighted by Crippen LogP contribution is 2.19. The number of piperidine rings is 1. The van der Waals surface area contributed by atoms with Gasteiger partial charge in [0, 0.05) is 30.8 Å². The van der Waals surface area contributed by atoms with Crippen LogP contribution in [0.25, 0.3) is 0 Å². The summed E-state index contributed by atoms with van der Waals surface area (Å²) < 4.78 is 0. The lowest BCUT2D eigenvalue weighted by Crippen LogP contribution is -2.45. The molecule has 2 aromatic carbocycles. The number of amides is 2. The molecule has 3 rings (SSSR count). The monoisotopic (exact) mass is 399 g/mol. The second kappa shape index (κ2) is 9.71. The van der Waals surface area contributed by atoms with E-state index in [1.54, 1.807) is 11.9 Å². The molecular formula is C22H26ClN3O2. The smallest absolute Gasteiger partial charge is 0.236 e. The molecule has 1 heterocycles. The molecule has 1 N–H and O–H groups in total. The molecule has 0 aromatic heterocycles. The van der Waals surface area contributed by atoms with E-state index in [0.29, 0.717) is 24.7 Å². The lowest BCUT2D eigenvalue weighted by Gasteiger charge is -2.32. The van der Waals surface area contributed by atoms with Crippen LogP contribution in [0.2, 0.25) is 5.02 Å². The van der Waals surface area contributed by atoms with Crippen molar-refractivity contribution < 1.29 is 9.59 Å². The second-order valence-electron chi connectivity index (χ2n) is 7.31. The maximum atomic E-state index is 12.6. The molecule has 28 heavy (non-hydrogen) atoms. The molecule has 1 atom stereocenters. The van der Waals surface area contributed by atoms with E-state index >= 15 is 0 Å². The zero-order valence-electron chi connectivity index (χ0n) is 16.1. The number of likely N-dealkylation sites (tertiary alicyclic amines) is 1. The fraction of sp³-hybridized carbons (Fsp3) is 0.364. The number of rotatable bonds is 6. The molecule has 6 heteroatoms. The molecule has 1 saturated heterocycles. The molecule has 0 saturated carbocycles. The topological polar surface area (TPSA) is 52.7 Å². The van der Waals surface area contributed by atoms with Gasteiger partial charge in [-0.2, -0.15) is 0 Å². The molecule has 1 aliphatic rings. The Kier molecular flexibility index (Phi) is 7.06. The number of halogens is 1. The Balaban J connectivity index is 1.51. The summed E-state index contributed by atoms with van der Waals surface area (Å²) in [6, 6.07) is 17.0. The van der Waals surface area contributed by atoms with Gasteiger partial charge in [0.25, 0.3) is 0 Å². The Morgan fingerprint density at radius 3 is 2.71 bits per heavy atom. The van der Waals surface area contributed by atoms with E-state index in [1.807, 2.05) is 54.6 Å². The highest BCUT2D eigenvalue weighted by molar-refractivity contribution is 6.30. The highest BCUT2D eigenvalue weighted by atomic mass is 35.5. The SMILES string of the molecule is CN(Cc1cccc(Cl)c1)C(=O)CN1CCCC(C(=O)Nc2ccccc2)C1. The van der Waals surface area contributed by atoms with Gasteiger partial charge in [0.2, 0.25) is 11.8 Å². The number of anilines is 1. The molecule has 1 unspecified atom stereocenters. The third kappa shape index (κ3) is 5.81. The van der Waals surface area contributed by atoms with Crippen molar-refractivity contribution in [3.8, 4) is 0 Å². The normalized spacial score (nSPS) is 17.1. The van der Waals surface area contributed by atoms with Crippen LogP contribution in [0.1, 0.15) is 18.4 Å². The van der Waals surface area contributed by atoms with Crippen LogP contribution in [0, 0.1) is 5.92 Å². The first-order valence-electron chi connectivity index (χ1n) is 9.58. The number of para-hydroxylation sites is 1. The first-order valence-corrected chi connectivity index (χ1v) is 9.96. The summed E-state index contributed by atoms with van der Waals surface area (Å²) in [5, 5.41) is 3.64. The molecule has 1 aliphatic heterocycles. The van der Waals surface area contributed by atoms with Crippen molar-refractivity contribution in [2.45, 2.75) is 19.4 Å². The molecule has 5 nitrogen and oxygen atoms in total. The van der Waals surface area contributed by atoms with Crippen molar-refractivity contribution in [1.29, 1.82) is 0 Å². The number of benzene rings is 2. The Hall–Kier alpha value is -2.37. The Morgan fingerprint density at radius 2 is 1.96 bits per heavy atom. The fourth-order valence-electron chi connectivity index (χ4n) is 3.49. The molecule has 0 radical (unpaired) electrons. The average Bonchev–Trinajstić information content (AvgIpc) is 2.69. The Labute approximate surface area is 171 Å². The molecular weight excluding hydrogens is 374 g/mol. The zero-order valence-corrected chi connectivity index (χ0v) is 16.9. The van der Waals surface area contributed by atoms with Crippen molar-refractivity contribution in [2.75, 3.05) is 32.0 Å². The van der Waals surface area contributed by atoms with Crippen molar-refractivity contribution >= 4 is 29.1 Å². The standard InChI is InChI=1S/C22H26ClN3O2/c1-25(14-17-7-5-9-19(23)13-17)21(27)16-26-12-6-8-18(15-26)22(28)24-20-10-3-2-4-11-20/h2-5,7,9-11,13,18H,6,8,12,14-16H2,1H3,(H,24,28). The van der Waals surface area contributed by atoms with Crippen LogP contribution in [0.15, 0.2) is 54.6 Å². The third-order valence-corrected chi connectivity index (χ3v) is 5.25. The molecule has 2 amide bonds. The van der Waals surface area contributed by atoms with E-state index in [0.717, 1.165) is 30.6 Å². The van der Waals surface area contributed by atoms with E-state index in [2.05, 4.69) is 10.2 Å². The van der Waals surface area contributed by atoms with Gasteiger partial charge in [-0.3, -0.25) is 14.5 Å². The molecule has 0 spiro atoms. The average molecular weight is 400 g/mol. The predicted octanol–water partition coefficient (Wildman–Crippen LogP) is 3.65. The molecule has 2 aromatic rings. The number of likely N-dealkylation sites (N-methyl/N-ethyl adjacent to an activating group) is 1. The van der Waals surface area contributed by atoms with Gasteiger partial charge >= 0.3 is 0 Å². The Bertz CT molecular complexity index is 812. The number of hydrogen-bond donors (Lipinski definition) is 1. The second-order valence-corrected chi connectivity index (χ2v) is 7.75. The summed E-state index contributed by atoms with van der Waals surface area (Å²) >= 11 is 6.02. The fourth-order valence-corrected chi connectivity index (χ4v) is 3.70. The molecule has 148 valence electrons. The number of nitrogens with one attached hydrogen (secondary N) is 1. The number of carbonyl (C=O) groups is 2. The molecule has 0 aliphatic carbocycles. The van der Waals surface area contributed by atoms with Crippen LogP contribution in [0.5, 0.6) is 0 Å². The largest absolute Gasteiger partial charge is 0.340 e. The van der Waals surface area contributed by atoms with Crippen molar-refractivity contribution in [2.24, 2.45) is 5.92 Å². The van der Waals surface area contributed by atoms with E-state index < -0.39 is 0 Å².